The molecule has 0 unspecified atom stereocenters. The maximum atomic E-state index is 11.2. The van der Waals surface area contributed by atoms with E-state index >= 15 is 0 Å². The first kappa shape index (κ1) is 8.96. The van der Waals surface area contributed by atoms with Crippen LogP contribution in [0.5, 0.6) is 0 Å². The van der Waals surface area contributed by atoms with Crippen LogP contribution in [0.15, 0.2) is 12.1 Å². The Morgan fingerprint density at radius 3 is 3.07 bits per heavy atom. The number of H-pyrrole nitrogens is 1. The lowest BCUT2D eigenvalue weighted by molar-refractivity contribution is 0.0596. The number of hydrogen-bond acceptors (Lipinski definition) is 4. The van der Waals surface area contributed by atoms with Crippen molar-refractivity contribution >= 4 is 28.6 Å². The fourth-order valence-corrected chi connectivity index (χ4v) is 1.28. The van der Waals surface area contributed by atoms with Crippen molar-refractivity contribution in [2.45, 2.75) is 0 Å². The van der Waals surface area contributed by atoms with Gasteiger partial charge in [-0.25, -0.2) is 9.78 Å². The molecule has 0 aliphatic heterocycles. The van der Waals surface area contributed by atoms with E-state index in [0.29, 0.717) is 16.2 Å². The summed E-state index contributed by atoms with van der Waals surface area (Å²) >= 11 is 5.66. The molecular weight excluding hydrogens is 206 g/mol. The van der Waals surface area contributed by atoms with E-state index in [-0.39, 0.29) is 5.69 Å². The third-order valence-corrected chi connectivity index (χ3v) is 1.98. The topological polar surface area (TPSA) is 67.9 Å². The fraction of sp³-hybridized carbons (Fsp3) is 0.125. The highest BCUT2D eigenvalue weighted by Gasteiger charge is 2.14. The predicted molar refractivity (Wildman–Crippen MR) is 50.2 cm³/mol. The zero-order valence-electron chi connectivity index (χ0n) is 7.24. The molecule has 5 nitrogen and oxygen atoms in total. The first-order chi connectivity index (χ1) is 6.72. The molecule has 0 spiro atoms. The van der Waals surface area contributed by atoms with E-state index in [1.165, 1.54) is 7.11 Å². The Kier molecular flexibility index (Phi) is 2.09. The minimum absolute atomic E-state index is 0.284. The lowest BCUT2D eigenvalue weighted by atomic mass is 10.3. The van der Waals surface area contributed by atoms with Crippen LogP contribution in [0, 0.1) is 0 Å². The van der Waals surface area contributed by atoms with Gasteiger partial charge in [0.2, 0.25) is 0 Å². The zero-order valence-corrected chi connectivity index (χ0v) is 8.00. The molecule has 1 N–H and O–H groups in total. The van der Waals surface area contributed by atoms with Gasteiger partial charge in [-0.2, -0.15) is 5.10 Å². The van der Waals surface area contributed by atoms with E-state index in [2.05, 4.69) is 19.9 Å². The third kappa shape index (κ3) is 1.31. The van der Waals surface area contributed by atoms with Gasteiger partial charge in [-0.05, 0) is 12.1 Å². The Bertz CT molecular complexity index is 494. The number of nitrogens with one attached hydrogen (secondary N) is 1. The van der Waals surface area contributed by atoms with Gasteiger partial charge in [0.1, 0.15) is 5.15 Å². The molecule has 2 heterocycles. The maximum absolute atomic E-state index is 11.2. The lowest BCUT2D eigenvalue weighted by Crippen LogP contribution is -2.01. The monoisotopic (exact) mass is 211 g/mol. The standard InChI is InChI=1S/C8H6ClN3O2/c1-14-8(13)6-4-2-3-5(9)10-7(4)12-11-6/h2-3H,1H3,(H,10,11,12). The summed E-state index contributed by atoms with van der Waals surface area (Å²) in [5.74, 6) is -0.475. The molecule has 0 atom stereocenters. The van der Waals surface area contributed by atoms with E-state index < -0.39 is 5.97 Å². The Morgan fingerprint density at radius 2 is 2.36 bits per heavy atom. The molecule has 0 saturated carbocycles. The van der Waals surface area contributed by atoms with Gasteiger partial charge >= 0.3 is 5.97 Å². The van der Waals surface area contributed by atoms with E-state index in [1.54, 1.807) is 12.1 Å². The SMILES string of the molecule is COC(=O)c1[nH]nc2nc(Cl)ccc12. The zero-order chi connectivity index (χ0) is 10.1. The maximum Gasteiger partial charge on any atom is 0.356 e. The number of carbonyl (C=O) groups excluding carboxylic acids is 1. The minimum Gasteiger partial charge on any atom is -0.464 e. The van der Waals surface area contributed by atoms with Gasteiger partial charge in [-0.15, -0.1) is 0 Å². The van der Waals surface area contributed by atoms with E-state index in [1.807, 2.05) is 0 Å². The molecule has 0 bridgehead atoms. The number of esters is 1. The van der Waals surface area contributed by atoms with Crippen LogP contribution in [-0.4, -0.2) is 28.3 Å². The molecule has 0 aliphatic rings. The Balaban J connectivity index is 2.64. The molecule has 0 aliphatic carbocycles. The van der Waals surface area contributed by atoms with E-state index in [0.717, 1.165) is 0 Å². The predicted octanol–water partition coefficient (Wildman–Crippen LogP) is 1.40. The highest BCUT2D eigenvalue weighted by molar-refractivity contribution is 6.29. The average Bonchev–Trinajstić information content (AvgIpc) is 2.59. The quantitative estimate of drug-likeness (QED) is 0.572. The summed E-state index contributed by atoms with van der Waals surface area (Å²) in [5, 5.41) is 7.31. The van der Waals surface area contributed by atoms with Crippen LogP contribution in [0.25, 0.3) is 11.0 Å². The number of aromatic amines is 1. The first-order valence-electron chi connectivity index (χ1n) is 3.81. The molecular formula is C8H6ClN3O2. The number of carbonyl (C=O) groups is 1. The van der Waals surface area contributed by atoms with Crippen LogP contribution in [0.1, 0.15) is 10.5 Å². The van der Waals surface area contributed by atoms with Crippen LogP contribution in [0.2, 0.25) is 5.15 Å². The van der Waals surface area contributed by atoms with E-state index in [4.69, 9.17) is 11.6 Å². The van der Waals surface area contributed by atoms with Crippen molar-refractivity contribution < 1.29 is 9.53 Å². The Labute approximate surface area is 84.0 Å². The van der Waals surface area contributed by atoms with Crippen LogP contribution in [0.4, 0.5) is 0 Å². The molecule has 2 aromatic rings. The van der Waals surface area contributed by atoms with Crippen molar-refractivity contribution in [3.8, 4) is 0 Å². The highest BCUT2D eigenvalue weighted by atomic mass is 35.5. The summed E-state index contributed by atoms with van der Waals surface area (Å²) in [4.78, 5) is 15.1. The number of rotatable bonds is 1. The van der Waals surface area contributed by atoms with Gasteiger partial charge in [0, 0.05) is 0 Å². The largest absolute Gasteiger partial charge is 0.464 e. The highest BCUT2D eigenvalue weighted by Crippen LogP contribution is 2.17. The Morgan fingerprint density at radius 1 is 1.57 bits per heavy atom. The second-order valence-electron chi connectivity index (χ2n) is 2.60. The van der Waals surface area contributed by atoms with Crippen molar-refractivity contribution in [1.82, 2.24) is 15.2 Å². The minimum atomic E-state index is -0.475. The summed E-state index contributed by atoms with van der Waals surface area (Å²) in [6.45, 7) is 0. The average molecular weight is 212 g/mol. The van der Waals surface area contributed by atoms with Crippen molar-refractivity contribution in [3.05, 3.63) is 23.0 Å². The number of ether oxygens (including phenoxy) is 1. The molecule has 0 radical (unpaired) electrons. The normalized spacial score (nSPS) is 10.4. The van der Waals surface area contributed by atoms with Crippen molar-refractivity contribution in [3.63, 3.8) is 0 Å². The van der Waals surface area contributed by atoms with Crippen molar-refractivity contribution in [1.29, 1.82) is 0 Å². The lowest BCUT2D eigenvalue weighted by Gasteiger charge is -1.94. The third-order valence-electron chi connectivity index (χ3n) is 1.77. The van der Waals surface area contributed by atoms with Gasteiger partial charge in [0.25, 0.3) is 0 Å². The van der Waals surface area contributed by atoms with Crippen molar-refractivity contribution in [2.24, 2.45) is 0 Å². The summed E-state index contributed by atoms with van der Waals surface area (Å²) in [7, 11) is 1.30. The van der Waals surface area contributed by atoms with Crippen LogP contribution >= 0.6 is 11.6 Å². The van der Waals surface area contributed by atoms with Gasteiger partial charge in [-0.3, -0.25) is 5.10 Å². The number of aromatic nitrogens is 3. The summed E-state index contributed by atoms with van der Waals surface area (Å²) in [5.41, 5.74) is 0.685. The fourth-order valence-electron chi connectivity index (χ4n) is 1.13. The van der Waals surface area contributed by atoms with Crippen LogP contribution in [0.3, 0.4) is 0 Å². The van der Waals surface area contributed by atoms with Gasteiger partial charge in [-0.1, -0.05) is 11.6 Å². The van der Waals surface area contributed by atoms with E-state index in [9.17, 15) is 4.79 Å². The van der Waals surface area contributed by atoms with Gasteiger partial charge < -0.3 is 4.74 Å². The second-order valence-corrected chi connectivity index (χ2v) is 2.98. The smallest absolute Gasteiger partial charge is 0.356 e. The molecule has 2 aromatic heterocycles. The molecule has 0 amide bonds. The molecule has 72 valence electrons. The number of pyridine rings is 1. The van der Waals surface area contributed by atoms with Gasteiger partial charge in [0.05, 0.1) is 12.5 Å². The molecule has 6 heteroatoms. The number of hydrogen-bond donors (Lipinski definition) is 1. The van der Waals surface area contributed by atoms with Crippen LogP contribution in [-0.2, 0) is 4.74 Å². The Hall–Kier alpha value is -1.62. The number of methoxy groups -OCH3 is 1. The molecule has 0 fully saturated rings. The summed E-state index contributed by atoms with van der Waals surface area (Å²) < 4.78 is 4.56. The first-order valence-corrected chi connectivity index (χ1v) is 4.19. The van der Waals surface area contributed by atoms with Gasteiger partial charge in [0.15, 0.2) is 11.3 Å². The number of nitrogens with zero attached hydrogens (tertiary/aromatic N) is 2. The van der Waals surface area contributed by atoms with Crippen LogP contribution < -0.4 is 0 Å². The number of halogens is 1. The molecule has 0 aromatic carbocycles. The molecule has 0 saturated heterocycles. The number of fused-ring (bicyclic) bond motifs is 1. The summed E-state index contributed by atoms with van der Waals surface area (Å²) in [6.07, 6.45) is 0. The van der Waals surface area contributed by atoms with Crippen molar-refractivity contribution in [2.75, 3.05) is 7.11 Å². The molecule has 2 rings (SSSR count). The molecule has 14 heavy (non-hydrogen) atoms. The second kappa shape index (κ2) is 3.26. The summed E-state index contributed by atoms with van der Waals surface area (Å²) in [6, 6.07) is 3.26.